The topological polar surface area (TPSA) is 0 Å². The molecule has 0 atom stereocenters. The van der Waals surface area contributed by atoms with Crippen LogP contribution in [0.4, 0.5) is 0 Å². The van der Waals surface area contributed by atoms with Crippen LogP contribution in [0.2, 0.25) is 0 Å². The number of allylic oxidation sites excluding steroid dienone is 4. The van der Waals surface area contributed by atoms with Crippen molar-refractivity contribution in [1.82, 2.24) is 0 Å². The third-order valence-electron chi connectivity index (χ3n) is 2.08. The number of halogens is 2. The summed E-state index contributed by atoms with van der Waals surface area (Å²) in [5.74, 6) is 0. The van der Waals surface area contributed by atoms with Crippen LogP contribution in [0.5, 0.6) is 0 Å². The molecule has 0 saturated carbocycles. The van der Waals surface area contributed by atoms with Crippen LogP contribution >= 0.6 is 0 Å². The molecule has 95 valence electrons. The number of rotatable bonds is 0. The van der Waals surface area contributed by atoms with Crippen molar-refractivity contribution in [3.8, 4) is 0 Å². The monoisotopic (exact) mass is 311 g/mol. The van der Waals surface area contributed by atoms with Crippen LogP contribution in [0.15, 0.2) is 40.9 Å². The van der Waals surface area contributed by atoms with Gasteiger partial charge in [-0.3, -0.25) is 0 Å². The average molecular weight is 312 g/mol. The van der Waals surface area contributed by atoms with Crippen LogP contribution in [0.25, 0.3) is 0 Å². The van der Waals surface area contributed by atoms with E-state index >= 15 is 0 Å². The van der Waals surface area contributed by atoms with Crippen molar-refractivity contribution in [3.63, 3.8) is 0 Å². The molecule has 0 spiro atoms. The van der Waals surface area contributed by atoms with Crippen LogP contribution in [0.1, 0.15) is 23.1 Å². The van der Waals surface area contributed by atoms with Crippen LogP contribution in [0.3, 0.4) is 0 Å². The molecule has 2 rings (SSSR count). The average Bonchev–Trinajstić information content (AvgIpc) is 2.54. The Morgan fingerprint density at radius 2 is 1.29 bits per heavy atom. The summed E-state index contributed by atoms with van der Waals surface area (Å²) in [5, 5.41) is 0. The maximum absolute atomic E-state index is 3.74. The van der Waals surface area contributed by atoms with Crippen molar-refractivity contribution < 1.29 is 40.8 Å². The second-order valence-electron chi connectivity index (χ2n) is 3.90. The number of aryl methyl sites for hydroxylation is 3. The van der Waals surface area contributed by atoms with E-state index in [4.69, 9.17) is 0 Å². The van der Waals surface area contributed by atoms with Crippen molar-refractivity contribution in [3.05, 3.63) is 57.6 Å². The molecular weight excluding hydrogens is 295 g/mol. The molecule has 0 fully saturated rings. The molecule has 0 aromatic heterocycles. The number of hydrogen-bond donors (Lipinski definition) is 0. The molecule has 3 heteroatoms. The third-order valence-corrected chi connectivity index (χ3v) is 2.49. The number of hydrogen-bond acceptors (Lipinski definition) is 0. The molecule has 17 heavy (non-hydrogen) atoms. The summed E-state index contributed by atoms with van der Waals surface area (Å²) in [7, 11) is 0. The fourth-order valence-electron chi connectivity index (χ4n) is 1.62. The fourth-order valence-corrected chi connectivity index (χ4v) is 1.85. The SMILES string of the molecule is Cc1cc(C)cc(C)c1.[Cl-].[Cl-].[Fe+2][C]1=CC=CC1. The van der Waals surface area contributed by atoms with E-state index in [2.05, 4.69) is 61.1 Å². The van der Waals surface area contributed by atoms with Gasteiger partial charge in [0.2, 0.25) is 0 Å². The van der Waals surface area contributed by atoms with Gasteiger partial charge in [-0.15, -0.1) is 0 Å². The van der Waals surface area contributed by atoms with Gasteiger partial charge in [0.05, 0.1) is 0 Å². The van der Waals surface area contributed by atoms with Gasteiger partial charge in [0.15, 0.2) is 0 Å². The zero-order valence-electron chi connectivity index (χ0n) is 10.3. The first kappa shape index (κ1) is 19.1. The third kappa shape index (κ3) is 8.51. The Labute approximate surface area is 125 Å². The van der Waals surface area contributed by atoms with Crippen LogP contribution in [-0.4, -0.2) is 0 Å². The molecule has 0 saturated heterocycles. The van der Waals surface area contributed by atoms with Crippen molar-refractivity contribution in [1.29, 1.82) is 0 Å². The summed E-state index contributed by atoms with van der Waals surface area (Å²) in [5.41, 5.74) is 4.06. The maximum atomic E-state index is 3.74. The molecule has 0 N–H and O–H groups in total. The van der Waals surface area contributed by atoms with Crippen LogP contribution < -0.4 is 24.8 Å². The second-order valence-corrected chi connectivity index (χ2v) is 4.60. The Morgan fingerprint density at radius 1 is 0.882 bits per heavy atom. The van der Waals surface area contributed by atoms with Gasteiger partial charge in [0, 0.05) is 0 Å². The molecule has 0 unspecified atom stereocenters. The Kier molecular flexibility index (Phi) is 11.0. The van der Waals surface area contributed by atoms with Gasteiger partial charge in [-0.25, -0.2) is 0 Å². The van der Waals surface area contributed by atoms with Gasteiger partial charge in [-0.05, 0) is 20.8 Å². The number of benzene rings is 1. The van der Waals surface area contributed by atoms with Crippen molar-refractivity contribution in [2.45, 2.75) is 27.2 Å². The quantitative estimate of drug-likeness (QED) is 0.486. The first-order valence-corrected chi connectivity index (χ1v) is 5.68. The van der Waals surface area contributed by atoms with Crippen molar-refractivity contribution in [2.75, 3.05) is 0 Å². The molecule has 0 aliphatic heterocycles. The van der Waals surface area contributed by atoms with Crippen LogP contribution in [-0.2, 0) is 16.0 Å². The van der Waals surface area contributed by atoms with Gasteiger partial charge in [0.1, 0.15) is 0 Å². The van der Waals surface area contributed by atoms with E-state index in [0.717, 1.165) is 6.42 Å². The minimum absolute atomic E-state index is 0. The Balaban J connectivity index is 0. The van der Waals surface area contributed by atoms with Gasteiger partial charge in [-0.2, -0.15) is 0 Å². The van der Waals surface area contributed by atoms with E-state index in [-0.39, 0.29) is 24.8 Å². The summed E-state index contributed by atoms with van der Waals surface area (Å²) >= 11 is 3.74. The van der Waals surface area contributed by atoms with Gasteiger partial charge < -0.3 is 24.8 Å². The van der Waals surface area contributed by atoms with E-state index in [1.54, 1.807) is 0 Å². The summed E-state index contributed by atoms with van der Waals surface area (Å²) in [4.78, 5) is 0. The minimum atomic E-state index is 0. The van der Waals surface area contributed by atoms with E-state index < -0.39 is 0 Å². The molecule has 0 bridgehead atoms. The first-order valence-electron chi connectivity index (χ1n) is 5.13. The summed E-state index contributed by atoms with van der Waals surface area (Å²) in [6.45, 7) is 6.38. The van der Waals surface area contributed by atoms with E-state index in [9.17, 15) is 0 Å². The zero-order chi connectivity index (χ0) is 11.3. The standard InChI is InChI=1S/C9H12.C5H5.2ClH.Fe/c1-7-4-8(2)6-9(3)5-7;1-2-4-5-3-1;;;/h4-6H,1-3H3;1-3H,4H2;2*1H;/q;;;;+2/p-2. The van der Waals surface area contributed by atoms with E-state index in [1.807, 2.05) is 12.2 Å². The zero-order valence-corrected chi connectivity index (χ0v) is 12.9. The van der Waals surface area contributed by atoms with Crippen LogP contribution in [0, 0.1) is 20.8 Å². The molecule has 0 radical (unpaired) electrons. The fraction of sp³-hybridized carbons (Fsp3) is 0.286. The molecule has 1 aliphatic rings. The summed E-state index contributed by atoms with van der Waals surface area (Å²) in [6.07, 6.45) is 7.21. The molecule has 1 aromatic rings. The Morgan fingerprint density at radius 3 is 1.47 bits per heavy atom. The molecule has 1 aliphatic carbocycles. The normalized spacial score (nSPS) is 11.6. The van der Waals surface area contributed by atoms with Crippen molar-refractivity contribution >= 4 is 0 Å². The second kappa shape index (κ2) is 9.79. The molecular formula is C14H17Cl2Fe. The molecule has 0 nitrogen and oxygen atoms in total. The summed E-state index contributed by atoms with van der Waals surface area (Å²) < 4.78 is 1.22. The van der Waals surface area contributed by atoms with E-state index in [0.29, 0.717) is 0 Å². The van der Waals surface area contributed by atoms with Gasteiger partial charge in [0.25, 0.3) is 0 Å². The van der Waals surface area contributed by atoms with Gasteiger partial charge >= 0.3 is 45.1 Å². The molecule has 0 amide bonds. The molecule has 0 heterocycles. The predicted octanol–water partition coefficient (Wildman–Crippen LogP) is -2.00. The van der Waals surface area contributed by atoms with E-state index in [1.165, 1.54) is 21.2 Å². The Bertz CT molecular complexity index is 345. The van der Waals surface area contributed by atoms with Gasteiger partial charge in [-0.1, -0.05) is 34.9 Å². The predicted molar refractivity (Wildman–Crippen MR) is 62.5 cm³/mol. The van der Waals surface area contributed by atoms with Crippen molar-refractivity contribution in [2.24, 2.45) is 0 Å². The summed E-state index contributed by atoms with van der Waals surface area (Å²) in [6, 6.07) is 6.56. The Hall–Kier alpha value is -0.201. The first-order chi connectivity index (χ1) is 7.08. The molecule has 1 aromatic carbocycles.